The highest BCUT2D eigenvalue weighted by Crippen LogP contribution is 2.23. The summed E-state index contributed by atoms with van der Waals surface area (Å²) in [4.78, 5) is 5.50. The van der Waals surface area contributed by atoms with Gasteiger partial charge in [0, 0.05) is 6.42 Å². The molecular weight excluding hydrogens is 234 g/mol. The predicted octanol–water partition coefficient (Wildman–Crippen LogP) is 2.34. The first kappa shape index (κ1) is 10.9. The Balaban J connectivity index is 1.68. The van der Waals surface area contributed by atoms with E-state index in [9.17, 15) is 0 Å². The molecular formula is C12H15N3OS. The van der Waals surface area contributed by atoms with Crippen LogP contribution in [-0.2, 0) is 6.42 Å². The van der Waals surface area contributed by atoms with Crippen LogP contribution in [0.25, 0.3) is 10.8 Å². The number of piperidine rings is 1. The zero-order valence-electron chi connectivity index (χ0n) is 9.56. The first-order valence-corrected chi connectivity index (χ1v) is 6.87. The molecule has 1 atom stereocenters. The minimum atomic E-state index is 0.650. The van der Waals surface area contributed by atoms with Crippen molar-refractivity contribution in [3.05, 3.63) is 23.3 Å². The van der Waals surface area contributed by atoms with Crippen LogP contribution in [0.3, 0.4) is 0 Å². The number of aromatic nitrogens is 2. The molecule has 1 fully saturated rings. The van der Waals surface area contributed by atoms with E-state index in [-0.39, 0.29) is 0 Å². The Bertz CT molecular complexity index is 460. The molecule has 0 radical (unpaired) electrons. The summed E-state index contributed by atoms with van der Waals surface area (Å²) in [7, 11) is 0. The van der Waals surface area contributed by atoms with Crippen molar-refractivity contribution in [3.8, 4) is 10.8 Å². The highest BCUT2D eigenvalue weighted by atomic mass is 32.1. The monoisotopic (exact) mass is 249 g/mol. The van der Waals surface area contributed by atoms with E-state index in [0.717, 1.165) is 30.2 Å². The maximum absolute atomic E-state index is 5.28. The van der Waals surface area contributed by atoms with Gasteiger partial charge in [-0.1, -0.05) is 11.2 Å². The molecule has 2 aromatic heterocycles. The van der Waals surface area contributed by atoms with Gasteiger partial charge < -0.3 is 9.84 Å². The summed E-state index contributed by atoms with van der Waals surface area (Å²) in [6.07, 6.45) is 3.43. The summed E-state index contributed by atoms with van der Waals surface area (Å²) < 4.78 is 5.28. The van der Waals surface area contributed by atoms with Gasteiger partial charge in [0.05, 0.1) is 4.88 Å². The average molecular weight is 249 g/mol. The molecule has 1 unspecified atom stereocenters. The minimum absolute atomic E-state index is 0.650. The molecule has 5 heteroatoms. The van der Waals surface area contributed by atoms with E-state index in [2.05, 4.69) is 15.5 Å². The van der Waals surface area contributed by atoms with Gasteiger partial charge in [-0.3, -0.25) is 0 Å². The number of nitrogens with one attached hydrogen (secondary N) is 1. The first-order valence-electron chi connectivity index (χ1n) is 5.99. The van der Waals surface area contributed by atoms with E-state index >= 15 is 0 Å². The van der Waals surface area contributed by atoms with E-state index in [4.69, 9.17) is 4.52 Å². The molecule has 1 aliphatic heterocycles. The van der Waals surface area contributed by atoms with Gasteiger partial charge in [-0.25, -0.2) is 0 Å². The highest BCUT2D eigenvalue weighted by Gasteiger charge is 2.17. The molecule has 1 aliphatic rings. The Hall–Kier alpha value is -1.20. The van der Waals surface area contributed by atoms with Crippen molar-refractivity contribution in [1.29, 1.82) is 0 Å². The van der Waals surface area contributed by atoms with E-state index in [0.29, 0.717) is 11.8 Å². The summed E-state index contributed by atoms with van der Waals surface area (Å²) >= 11 is 1.63. The van der Waals surface area contributed by atoms with E-state index in [1.807, 2.05) is 17.5 Å². The van der Waals surface area contributed by atoms with Crippen LogP contribution in [0, 0.1) is 5.92 Å². The van der Waals surface area contributed by atoms with Crippen molar-refractivity contribution in [3.63, 3.8) is 0 Å². The Morgan fingerprint density at radius 1 is 1.53 bits per heavy atom. The molecule has 3 heterocycles. The van der Waals surface area contributed by atoms with Gasteiger partial charge >= 0.3 is 0 Å². The smallest absolute Gasteiger partial charge is 0.267 e. The molecule has 0 saturated carbocycles. The second-order valence-electron chi connectivity index (χ2n) is 4.41. The average Bonchev–Trinajstić information content (AvgIpc) is 3.00. The van der Waals surface area contributed by atoms with Gasteiger partial charge in [-0.2, -0.15) is 4.98 Å². The van der Waals surface area contributed by atoms with Gasteiger partial charge in [-0.05, 0) is 43.3 Å². The predicted molar refractivity (Wildman–Crippen MR) is 66.9 cm³/mol. The van der Waals surface area contributed by atoms with Crippen LogP contribution in [0.15, 0.2) is 22.0 Å². The van der Waals surface area contributed by atoms with Gasteiger partial charge in [0.2, 0.25) is 0 Å². The molecule has 17 heavy (non-hydrogen) atoms. The summed E-state index contributed by atoms with van der Waals surface area (Å²) in [5, 5.41) is 9.48. The normalized spacial score (nSPS) is 20.6. The van der Waals surface area contributed by atoms with Crippen molar-refractivity contribution in [2.75, 3.05) is 13.1 Å². The van der Waals surface area contributed by atoms with Crippen LogP contribution in [0.2, 0.25) is 0 Å². The lowest BCUT2D eigenvalue weighted by molar-refractivity contribution is 0.360. The molecule has 0 aliphatic carbocycles. The van der Waals surface area contributed by atoms with E-state index in [1.54, 1.807) is 11.3 Å². The minimum Gasteiger partial charge on any atom is -0.333 e. The molecule has 0 amide bonds. The topological polar surface area (TPSA) is 51.0 Å². The third-order valence-corrected chi connectivity index (χ3v) is 3.93. The number of nitrogens with zero attached hydrogens (tertiary/aromatic N) is 2. The molecule has 2 aromatic rings. The molecule has 0 aromatic carbocycles. The largest absolute Gasteiger partial charge is 0.333 e. The Morgan fingerprint density at radius 2 is 2.53 bits per heavy atom. The van der Waals surface area contributed by atoms with Gasteiger partial charge in [0.1, 0.15) is 0 Å². The molecule has 1 saturated heterocycles. The molecule has 0 spiro atoms. The zero-order chi connectivity index (χ0) is 11.5. The van der Waals surface area contributed by atoms with E-state index < -0.39 is 0 Å². The molecule has 0 bridgehead atoms. The van der Waals surface area contributed by atoms with Crippen molar-refractivity contribution in [1.82, 2.24) is 15.5 Å². The van der Waals surface area contributed by atoms with Crippen LogP contribution >= 0.6 is 11.3 Å². The Morgan fingerprint density at radius 3 is 3.29 bits per heavy atom. The fourth-order valence-corrected chi connectivity index (χ4v) is 2.84. The second kappa shape index (κ2) is 4.98. The second-order valence-corrected chi connectivity index (χ2v) is 5.36. The maximum atomic E-state index is 5.28. The lowest BCUT2D eigenvalue weighted by Gasteiger charge is -2.20. The summed E-state index contributed by atoms with van der Waals surface area (Å²) in [6, 6.07) is 4.00. The SMILES string of the molecule is c1csc(-c2nc(CC3CCCNC3)no2)c1. The van der Waals surface area contributed by atoms with Gasteiger partial charge in [0.25, 0.3) is 5.89 Å². The quantitative estimate of drug-likeness (QED) is 0.907. The number of rotatable bonds is 3. The Labute approximate surface area is 104 Å². The van der Waals surface area contributed by atoms with Crippen molar-refractivity contribution < 1.29 is 4.52 Å². The van der Waals surface area contributed by atoms with Crippen LogP contribution in [0.5, 0.6) is 0 Å². The molecule has 1 N–H and O–H groups in total. The van der Waals surface area contributed by atoms with Crippen molar-refractivity contribution >= 4 is 11.3 Å². The standard InChI is InChI=1S/C12H15N3OS/c1-3-9(8-13-5-1)7-11-14-12(16-15-11)10-4-2-6-17-10/h2,4,6,9,13H,1,3,5,7-8H2. The highest BCUT2D eigenvalue weighted by molar-refractivity contribution is 7.13. The van der Waals surface area contributed by atoms with Gasteiger partial charge in [-0.15, -0.1) is 11.3 Å². The maximum Gasteiger partial charge on any atom is 0.267 e. The lowest BCUT2D eigenvalue weighted by atomic mass is 9.96. The van der Waals surface area contributed by atoms with Crippen LogP contribution in [0.1, 0.15) is 18.7 Å². The summed E-state index contributed by atoms with van der Waals surface area (Å²) in [6.45, 7) is 2.21. The zero-order valence-corrected chi connectivity index (χ0v) is 10.4. The summed E-state index contributed by atoms with van der Waals surface area (Å²) in [5.41, 5.74) is 0. The molecule has 3 rings (SSSR count). The number of hydrogen-bond acceptors (Lipinski definition) is 5. The number of thiophene rings is 1. The third kappa shape index (κ3) is 2.56. The molecule has 4 nitrogen and oxygen atoms in total. The Kier molecular flexibility index (Phi) is 3.20. The number of hydrogen-bond donors (Lipinski definition) is 1. The van der Waals surface area contributed by atoms with E-state index in [1.165, 1.54) is 12.8 Å². The van der Waals surface area contributed by atoms with Crippen LogP contribution < -0.4 is 5.32 Å². The van der Waals surface area contributed by atoms with Crippen LogP contribution in [0.4, 0.5) is 0 Å². The third-order valence-electron chi connectivity index (χ3n) is 3.07. The van der Waals surface area contributed by atoms with Crippen molar-refractivity contribution in [2.45, 2.75) is 19.3 Å². The van der Waals surface area contributed by atoms with Crippen LogP contribution in [-0.4, -0.2) is 23.2 Å². The molecule has 90 valence electrons. The van der Waals surface area contributed by atoms with Gasteiger partial charge in [0.15, 0.2) is 5.82 Å². The lowest BCUT2D eigenvalue weighted by Crippen LogP contribution is -2.31. The fourth-order valence-electron chi connectivity index (χ4n) is 2.19. The fraction of sp³-hybridized carbons (Fsp3) is 0.500. The first-order chi connectivity index (χ1) is 8.42. The van der Waals surface area contributed by atoms with Crippen molar-refractivity contribution in [2.24, 2.45) is 5.92 Å². The summed E-state index contributed by atoms with van der Waals surface area (Å²) in [5.74, 6) is 2.14.